The molecule has 2 rings (SSSR count). The molecule has 0 fully saturated rings. The first-order valence-corrected chi connectivity index (χ1v) is 11.0. The van der Waals surface area contributed by atoms with Crippen LogP contribution in [0, 0.1) is 12.8 Å². The number of rotatable bonds is 7. The van der Waals surface area contributed by atoms with Crippen LogP contribution in [-0.4, -0.2) is 26.9 Å². The molecule has 1 N–H and O–H groups in total. The minimum atomic E-state index is -3.88. The summed E-state index contributed by atoms with van der Waals surface area (Å²) in [5.74, 6) is -0.0846. The number of nitrogens with one attached hydrogen (secondary N) is 1. The normalized spacial score (nSPS) is 12.7. The predicted octanol–water partition coefficient (Wildman–Crippen LogP) is 4.11. The molecule has 1 amide bonds. The Labute approximate surface area is 170 Å². The number of aryl methyl sites for hydroxylation is 1. The zero-order chi connectivity index (χ0) is 20.2. The average Bonchev–Trinajstić information content (AvgIpc) is 2.60. The summed E-state index contributed by atoms with van der Waals surface area (Å²) >= 11 is 3.35. The molecule has 1 atom stereocenters. The van der Waals surface area contributed by atoms with Gasteiger partial charge in [-0.25, -0.2) is 8.42 Å². The SMILES string of the molecule is Cc1ccc(S(=O)(=O)N(CC(=O)N[C@@H](C)C(C)C)c2ccc(Br)cc2)cc1. The lowest BCUT2D eigenvalue weighted by molar-refractivity contribution is -0.120. The number of nitrogens with zero attached hydrogens (tertiary/aromatic N) is 1. The maximum Gasteiger partial charge on any atom is 0.264 e. The third kappa shape index (κ3) is 5.56. The highest BCUT2D eigenvalue weighted by molar-refractivity contribution is 9.10. The van der Waals surface area contributed by atoms with Gasteiger partial charge in [0.25, 0.3) is 10.0 Å². The predicted molar refractivity (Wildman–Crippen MR) is 112 cm³/mol. The molecule has 0 unspecified atom stereocenters. The van der Waals surface area contributed by atoms with E-state index in [0.717, 1.165) is 14.3 Å². The summed E-state index contributed by atoms with van der Waals surface area (Å²) in [7, 11) is -3.88. The van der Waals surface area contributed by atoms with Crippen molar-refractivity contribution in [3.8, 4) is 0 Å². The van der Waals surface area contributed by atoms with Crippen molar-refractivity contribution in [3.63, 3.8) is 0 Å². The van der Waals surface area contributed by atoms with Crippen LogP contribution in [0.15, 0.2) is 57.9 Å². The van der Waals surface area contributed by atoms with Crippen molar-refractivity contribution >= 4 is 37.5 Å². The van der Waals surface area contributed by atoms with Crippen LogP contribution in [0.2, 0.25) is 0 Å². The Morgan fingerprint density at radius 1 is 1.04 bits per heavy atom. The first-order valence-electron chi connectivity index (χ1n) is 8.75. The second-order valence-electron chi connectivity index (χ2n) is 6.90. The molecule has 0 radical (unpaired) electrons. The highest BCUT2D eigenvalue weighted by atomic mass is 79.9. The second kappa shape index (κ2) is 8.89. The highest BCUT2D eigenvalue weighted by Crippen LogP contribution is 2.25. The van der Waals surface area contributed by atoms with Crippen LogP contribution >= 0.6 is 15.9 Å². The molecule has 27 heavy (non-hydrogen) atoms. The van der Waals surface area contributed by atoms with Crippen LogP contribution in [0.3, 0.4) is 0 Å². The monoisotopic (exact) mass is 452 g/mol. The molecule has 0 heterocycles. The van der Waals surface area contributed by atoms with Crippen molar-refractivity contribution < 1.29 is 13.2 Å². The summed E-state index contributed by atoms with van der Waals surface area (Å²) in [5, 5.41) is 2.87. The first kappa shape index (κ1) is 21.4. The van der Waals surface area contributed by atoms with Gasteiger partial charge in [-0.15, -0.1) is 0 Å². The van der Waals surface area contributed by atoms with Gasteiger partial charge < -0.3 is 5.32 Å². The fraction of sp³-hybridized carbons (Fsp3) is 0.350. The number of hydrogen-bond donors (Lipinski definition) is 1. The minimum absolute atomic E-state index is 0.0497. The highest BCUT2D eigenvalue weighted by Gasteiger charge is 2.27. The number of halogens is 1. The van der Waals surface area contributed by atoms with Gasteiger partial charge in [0.05, 0.1) is 10.6 Å². The number of benzene rings is 2. The summed E-state index contributed by atoms with van der Waals surface area (Å²) in [6, 6.07) is 13.4. The van der Waals surface area contributed by atoms with E-state index in [0.29, 0.717) is 5.69 Å². The molecule has 0 aromatic heterocycles. The van der Waals surface area contributed by atoms with Crippen molar-refractivity contribution in [3.05, 3.63) is 58.6 Å². The molecule has 2 aromatic rings. The Hall–Kier alpha value is -1.86. The fourth-order valence-electron chi connectivity index (χ4n) is 2.36. The molecule has 0 saturated heterocycles. The Morgan fingerprint density at radius 3 is 2.11 bits per heavy atom. The third-order valence-electron chi connectivity index (χ3n) is 4.40. The number of amides is 1. The Morgan fingerprint density at radius 2 is 1.59 bits per heavy atom. The van der Waals surface area contributed by atoms with Crippen molar-refractivity contribution in [1.29, 1.82) is 0 Å². The van der Waals surface area contributed by atoms with Crippen LogP contribution < -0.4 is 9.62 Å². The van der Waals surface area contributed by atoms with E-state index in [-0.39, 0.29) is 29.3 Å². The number of anilines is 1. The number of carbonyl (C=O) groups is 1. The molecular weight excluding hydrogens is 428 g/mol. The lowest BCUT2D eigenvalue weighted by atomic mass is 10.1. The average molecular weight is 453 g/mol. The van der Waals surface area contributed by atoms with Crippen LogP contribution in [0.4, 0.5) is 5.69 Å². The number of sulfonamides is 1. The fourth-order valence-corrected chi connectivity index (χ4v) is 4.04. The maximum absolute atomic E-state index is 13.2. The zero-order valence-electron chi connectivity index (χ0n) is 15.9. The topological polar surface area (TPSA) is 66.5 Å². The minimum Gasteiger partial charge on any atom is -0.352 e. The second-order valence-corrected chi connectivity index (χ2v) is 9.68. The number of hydrogen-bond acceptors (Lipinski definition) is 3. The standard InChI is InChI=1S/C20H25BrN2O3S/c1-14(2)16(4)22-20(24)13-23(18-9-7-17(21)8-10-18)27(25,26)19-11-5-15(3)6-12-19/h5-12,14,16H,13H2,1-4H3,(H,22,24)/t16-/m0/s1. The summed E-state index contributed by atoms with van der Waals surface area (Å²) in [5.41, 5.74) is 1.40. The van der Waals surface area contributed by atoms with E-state index in [2.05, 4.69) is 21.2 Å². The van der Waals surface area contributed by atoms with E-state index in [1.807, 2.05) is 27.7 Å². The van der Waals surface area contributed by atoms with Gasteiger partial charge in [-0.1, -0.05) is 47.5 Å². The van der Waals surface area contributed by atoms with E-state index < -0.39 is 10.0 Å². The molecule has 0 spiro atoms. The molecule has 7 heteroatoms. The molecule has 0 aliphatic rings. The Bertz CT molecular complexity index is 878. The lowest BCUT2D eigenvalue weighted by Gasteiger charge is -2.26. The van der Waals surface area contributed by atoms with Gasteiger partial charge in [0.2, 0.25) is 5.91 Å². The molecule has 146 valence electrons. The molecule has 5 nitrogen and oxygen atoms in total. The van der Waals surface area contributed by atoms with Crippen molar-refractivity contribution in [2.45, 2.75) is 38.6 Å². The van der Waals surface area contributed by atoms with Crippen molar-refractivity contribution in [2.24, 2.45) is 5.92 Å². The van der Waals surface area contributed by atoms with Crippen molar-refractivity contribution in [2.75, 3.05) is 10.8 Å². The largest absolute Gasteiger partial charge is 0.352 e. The Balaban J connectivity index is 2.39. The van der Waals surface area contributed by atoms with Gasteiger partial charge in [0.15, 0.2) is 0 Å². The molecule has 0 aliphatic heterocycles. The summed E-state index contributed by atoms with van der Waals surface area (Å²) in [4.78, 5) is 12.7. The molecule has 0 bridgehead atoms. The molecule has 2 aromatic carbocycles. The lowest BCUT2D eigenvalue weighted by Crippen LogP contribution is -2.45. The van der Waals surface area contributed by atoms with E-state index in [1.54, 1.807) is 48.5 Å². The molecular formula is C20H25BrN2O3S. The summed E-state index contributed by atoms with van der Waals surface area (Å²) in [6.07, 6.45) is 0. The van der Waals surface area contributed by atoms with Gasteiger partial charge in [-0.3, -0.25) is 9.10 Å². The van der Waals surface area contributed by atoms with Gasteiger partial charge in [0, 0.05) is 10.5 Å². The van der Waals surface area contributed by atoms with Gasteiger partial charge >= 0.3 is 0 Å². The summed E-state index contributed by atoms with van der Waals surface area (Å²) in [6.45, 7) is 7.51. The van der Waals surface area contributed by atoms with Gasteiger partial charge in [-0.2, -0.15) is 0 Å². The maximum atomic E-state index is 13.2. The zero-order valence-corrected chi connectivity index (χ0v) is 18.3. The Kier molecular flexibility index (Phi) is 7.06. The smallest absolute Gasteiger partial charge is 0.264 e. The van der Waals surface area contributed by atoms with Crippen molar-refractivity contribution in [1.82, 2.24) is 5.32 Å². The van der Waals surface area contributed by atoms with E-state index in [1.165, 1.54) is 0 Å². The first-order chi connectivity index (χ1) is 12.6. The van der Waals surface area contributed by atoms with Crippen LogP contribution in [0.1, 0.15) is 26.3 Å². The summed E-state index contributed by atoms with van der Waals surface area (Å²) < 4.78 is 28.4. The van der Waals surface area contributed by atoms with E-state index in [4.69, 9.17) is 0 Å². The molecule has 0 aliphatic carbocycles. The number of carbonyl (C=O) groups excluding carboxylic acids is 1. The molecule has 0 saturated carbocycles. The van der Waals surface area contributed by atoms with E-state index >= 15 is 0 Å². The third-order valence-corrected chi connectivity index (χ3v) is 6.72. The van der Waals surface area contributed by atoms with Crippen LogP contribution in [-0.2, 0) is 14.8 Å². The van der Waals surface area contributed by atoms with Gasteiger partial charge in [0.1, 0.15) is 6.54 Å². The van der Waals surface area contributed by atoms with Crippen LogP contribution in [0.25, 0.3) is 0 Å². The van der Waals surface area contributed by atoms with E-state index in [9.17, 15) is 13.2 Å². The van der Waals surface area contributed by atoms with Gasteiger partial charge in [-0.05, 0) is 56.2 Å². The van der Waals surface area contributed by atoms with Crippen LogP contribution in [0.5, 0.6) is 0 Å². The quantitative estimate of drug-likeness (QED) is 0.686.